The first kappa shape index (κ1) is 59.1. The van der Waals surface area contributed by atoms with Crippen LogP contribution in [-0.2, 0) is 38.7 Å². The molecule has 1 rings (SSSR count). The Morgan fingerprint density at radius 3 is 1.55 bits per heavy atom. The van der Waals surface area contributed by atoms with Gasteiger partial charge in [-0.1, -0.05) is 164 Å². The van der Waals surface area contributed by atoms with Gasteiger partial charge >= 0.3 is 11.9 Å². The molecule has 0 aromatic heterocycles. The first-order valence-corrected chi connectivity index (χ1v) is 26.1. The third-order valence-corrected chi connectivity index (χ3v) is 11.5. The van der Waals surface area contributed by atoms with E-state index in [2.05, 4.69) is 74.6 Å². The quantitative estimate of drug-likeness (QED) is 0.0150. The number of aliphatic hydroxyl groups is 3. The molecule has 0 spiro atoms. The van der Waals surface area contributed by atoms with Crippen LogP contribution in [0.3, 0.4) is 0 Å². The number of aliphatic hydroxyl groups excluding tert-OH is 3. The van der Waals surface area contributed by atoms with Crippen LogP contribution in [0.5, 0.6) is 0 Å². The molecular formula is C51H86O12S. The number of unbranched alkanes of at least 4 members (excludes halogenated alkanes) is 17. The molecule has 0 amide bonds. The maximum Gasteiger partial charge on any atom is 0.306 e. The van der Waals surface area contributed by atoms with Gasteiger partial charge in [-0.25, -0.2) is 0 Å². The minimum absolute atomic E-state index is 0.0818. The molecule has 0 bridgehead atoms. The largest absolute Gasteiger partial charge is 0.462 e. The van der Waals surface area contributed by atoms with Crippen molar-refractivity contribution in [2.75, 3.05) is 19.0 Å². The Hall–Kier alpha value is -2.91. The van der Waals surface area contributed by atoms with Crippen LogP contribution in [0.15, 0.2) is 72.9 Å². The van der Waals surface area contributed by atoms with E-state index >= 15 is 0 Å². The minimum Gasteiger partial charge on any atom is -0.462 e. The normalized spacial score (nSPS) is 20.2. The third kappa shape index (κ3) is 34.4. The summed E-state index contributed by atoms with van der Waals surface area (Å²) in [6, 6.07) is 0. The molecule has 1 saturated heterocycles. The van der Waals surface area contributed by atoms with Gasteiger partial charge in [-0.15, -0.1) is 0 Å². The topological polar surface area (TPSA) is 186 Å². The molecule has 4 N–H and O–H groups in total. The summed E-state index contributed by atoms with van der Waals surface area (Å²) in [6.07, 6.45) is 42.3. The van der Waals surface area contributed by atoms with E-state index in [-0.39, 0.29) is 19.4 Å². The van der Waals surface area contributed by atoms with E-state index in [9.17, 15) is 37.9 Å². The fourth-order valence-electron chi connectivity index (χ4n) is 6.95. The van der Waals surface area contributed by atoms with Crippen molar-refractivity contribution in [1.82, 2.24) is 0 Å². The smallest absolute Gasteiger partial charge is 0.306 e. The maximum absolute atomic E-state index is 12.8. The monoisotopic (exact) mass is 923 g/mol. The predicted octanol–water partition coefficient (Wildman–Crippen LogP) is 10.7. The Morgan fingerprint density at radius 2 is 1.00 bits per heavy atom. The van der Waals surface area contributed by atoms with E-state index in [1.54, 1.807) is 0 Å². The van der Waals surface area contributed by atoms with E-state index in [1.807, 2.05) is 12.2 Å². The van der Waals surface area contributed by atoms with Gasteiger partial charge in [-0.05, 0) is 77.0 Å². The number of esters is 2. The van der Waals surface area contributed by atoms with Gasteiger partial charge in [0.25, 0.3) is 10.1 Å². The zero-order valence-corrected chi connectivity index (χ0v) is 40.2. The summed E-state index contributed by atoms with van der Waals surface area (Å²) in [6.45, 7) is 3.68. The summed E-state index contributed by atoms with van der Waals surface area (Å²) < 4.78 is 54.1. The van der Waals surface area contributed by atoms with Crippen molar-refractivity contribution in [2.24, 2.45) is 0 Å². The Bertz CT molecular complexity index is 1450. The van der Waals surface area contributed by atoms with Crippen molar-refractivity contribution < 1.29 is 56.8 Å². The summed E-state index contributed by atoms with van der Waals surface area (Å²) >= 11 is 0. The molecule has 1 fully saturated rings. The van der Waals surface area contributed by atoms with Crippen LogP contribution >= 0.6 is 0 Å². The molecule has 1 aliphatic rings. The lowest BCUT2D eigenvalue weighted by atomic mass is 10.00. The lowest BCUT2D eigenvalue weighted by Crippen LogP contribution is -2.60. The highest BCUT2D eigenvalue weighted by Crippen LogP contribution is 2.24. The van der Waals surface area contributed by atoms with E-state index in [4.69, 9.17) is 18.9 Å². The molecule has 64 heavy (non-hydrogen) atoms. The standard InChI is InChI=1S/C51H86O12S/c1-3-5-7-9-11-13-15-17-19-20-21-22-23-24-26-28-30-32-34-36-38-40-47(53)62-44(42-61-51-50(56)49(55)48(54)45(63-51)43-64(57,58)59)41-60-46(52)39-37-35-33-31-29-27-25-18-16-14-12-10-8-6-4-2/h14,16,18-20,22-23,25-26,28,32,34,44-45,48-51,54-56H,3-13,15,17,21,24,27,29-31,33,35-43H2,1-2H3,(H,57,58,59)/b16-14+,20-19+,23-22+,25-18+,28-26+,34-32+/t44-,45-,48-,49?,50?,51+/m1/s1. The molecule has 12 nitrogen and oxygen atoms in total. The highest BCUT2D eigenvalue weighted by Gasteiger charge is 2.46. The number of rotatable bonds is 40. The van der Waals surface area contributed by atoms with Gasteiger partial charge in [-0.3, -0.25) is 14.1 Å². The Labute approximate surface area is 387 Å². The van der Waals surface area contributed by atoms with Crippen LogP contribution in [0.2, 0.25) is 0 Å². The van der Waals surface area contributed by atoms with Gasteiger partial charge < -0.3 is 34.3 Å². The fraction of sp³-hybridized carbons (Fsp3) is 0.725. The van der Waals surface area contributed by atoms with E-state index in [0.29, 0.717) is 19.3 Å². The van der Waals surface area contributed by atoms with E-state index < -0.39 is 71.2 Å². The second-order valence-corrected chi connectivity index (χ2v) is 18.3. The molecule has 368 valence electrons. The molecule has 1 aliphatic heterocycles. The highest BCUT2D eigenvalue weighted by molar-refractivity contribution is 7.85. The summed E-state index contributed by atoms with van der Waals surface area (Å²) in [7, 11) is -4.62. The molecule has 0 aromatic carbocycles. The van der Waals surface area contributed by atoms with Crippen molar-refractivity contribution in [3.63, 3.8) is 0 Å². The third-order valence-electron chi connectivity index (χ3n) is 10.8. The molecule has 0 aliphatic carbocycles. The second kappa shape index (κ2) is 40.4. The molecule has 0 aromatic rings. The summed E-state index contributed by atoms with van der Waals surface area (Å²) in [5.41, 5.74) is 0. The summed E-state index contributed by atoms with van der Waals surface area (Å²) in [4.78, 5) is 25.4. The number of ether oxygens (including phenoxy) is 4. The zero-order valence-electron chi connectivity index (χ0n) is 39.4. The van der Waals surface area contributed by atoms with Crippen molar-refractivity contribution in [3.8, 4) is 0 Å². The maximum atomic E-state index is 12.8. The molecule has 0 saturated carbocycles. The van der Waals surface area contributed by atoms with Crippen molar-refractivity contribution >= 4 is 22.1 Å². The van der Waals surface area contributed by atoms with Gasteiger partial charge in [0.1, 0.15) is 36.8 Å². The van der Waals surface area contributed by atoms with Gasteiger partial charge in [-0.2, -0.15) is 8.42 Å². The lowest BCUT2D eigenvalue weighted by molar-refractivity contribution is -0.297. The van der Waals surface area contributed by atoms with E-state index in [1.165, 1.54) is 70.6 Å². The number of hydrogen-bond donors (Lipinski definition) is 4. The Kier molecular flexibility index (Phi) is 37.3. The first-order chi connectivity index (χ1) is 31.0. The van der Waals surface area contributed by atoms with E-state index in [0.717, 1.165) is 64.2 Å². The molecule has 1 heterocycles. The molecule has 0 radical (unpaired) electrons. The molecule has 13 heteroatoms. The van der Waals surface area contributed by atoms with Crippen LogP contribution in [0.1, 0.15) is 181 Å². The summed E-state index contributed by atoms with van der Waals surface area (Å²) in [5, 5.41) is 30.9. The van der Waals surface area contributed by atoms with Crippen molar-refractivity contribution in [3.05, 3.63) is 72.9 Å². The number of carbonyl (C=O) groups excluding carboxylic acids is 2. The van der Waals surface area contributed by atoms with Crippen LogP contribution in [-0.4, -0.2) is 96.0 Å². The SMILES string of the molecule is CCCCCC/C=C/C=C/CCCCCCCC(=O)OC[C@H](CO[C@H]1O[C@H](CS(=O)(=O)O)[C@@H](O)C(O)C1O)OC(=O)CCC/C=C/C/C=C/C/C=C/C/C=C/CCCCCCCCC. The zero-order chi connectivity index (χ0) is 46.9. The van der Waals surface area contributed by atoms with Gasteiger partial charge in [0, 0.05) is 12.8 Å². The van der Waals surface area contributed by atoms with Crippen LogP contribution < -0.4 is 0 Å². The number of carbonyl (C=O) groups is 2. The number of allylic oxidation sites excluding steroid dienone is 12. The average molecular weight is 923 g/mol. The predicted molar refractivity (Wildman–Crippen MR) is 256 cm³/mol. The van der Waals surface area contributed by atoms with Gasteiger partial charge in [0.15, 0.2) is 12.4 Å². The number of hydrogen-bond acceptors (Lipinski definition) is 11. The second-order valence-electron chi connectivity index (χ2n) is 16.8. The highest BCUT2D eigenvalue weighted by atomic mass is 32.2. The summed E-state index contributed by atoms with van der Waals surface area (Å²) in [5.74, 6) is -2.08. The lowest BCUT2D eigenvalue weighted by Gasteiger charge is -2.40. The van der Waals surface area contributed by atoms with Crippen LogP contribution in [0, 0.1) is 0 Å². The van der Waals surface area contributed by atoms with Crippen molar-refractivity contribution in [2.45, 2.75) is 218 Å². The van der Waals surface area contributed by atoms with Gasteiger partial charge in [0.05, 0.1) is 6.61 Å². The van der Waals surface area contributed by atoms with Gasteiger partial charge in [0.2, 0.25) is 0 Å². The average Bonchev–Trinajstić information content (AvgIpc) is 3.26. The van der Waals surface area contributed by atoms with Crippen LogP contribution in [0.25, 0.3) is 0 Å². The molecule has 2 unspecified atom stereocenters. The Balaban J connectivity index is 2.47. The minimum atomic E-state index is -4.62. The Morgan fingerprint density at radius 1 is 0.547 bits per heavy atom. The van der Waals surface area contributed by atoms with Crippen LogP contribution in [0.4, 0.5) is 0 Å². The molecular weight excluding hydrogens is 837 g/mol. The fourth-order valence-corrected chi connectivity index (χ4v) is 7.64. The van der Waals surface area contributed by atoms with Crippen molar-refractivity contribution in [1.29, 1.82) is 0 Å². The first-order valence-electron chi connectivity index (χ1n) is 24.5. The molecule has 6 atom stereocenters.